The lowest BCUT2D eigenvalue weighted by molar-refractivity contribution is 0.746. The molecule has 7 heteroatoms. The van der Waals surface area contributed by atoms with Crippen molar-refractivity contribution in [2.45, 2.75) is 20.3 Å². The maximum absolute atomic E-state index is 6.19. The van der Waals surface area contributed by atoms with E-state index in [1.807, 2.05) is 20.2 Å². The summed E-state index contributed by atoms with van der Waals surface area (Å²) in [5.41, 5.74) is 1.86. The van der Waals surface area contributed by atoms with Crippen LogP contribution < -0.4 is 10.6 Å². The van der Waals surface area contributed by atoms with E-state index in [4.69, 9.17) is 23.2 Å². The molecule has 0 aliphatic heterocycles. The minimum Gasteiger partial charge on any atom is -0.369 e. The molecule has 2 rings (SSSR count). The Hall–Kier alpha value is -1.46. The van der Waals surface area contributed by atoms with Gasteiger partial charge in [-0.25, -0.2) is 4.98 Å². The van der Waals surface area contributed by atoms with Crippen molar-refractivity contribution in [3.8, 4) is 0 Å². The Labute approximate surface area is 128 Å². The Morgan fingerprint density at radius 1 is 1.20 bits per heavy atom. The quantitative estimate of drug-likeness (QED) is 0.880. The number of anilines is 3. The lowest BCUT2D eigenvalue weighted by atomic mass is 10.3. The molecule has 0 spiro atoms. The zero-order valence-electron chi connectivity index (χ0n) is 11.7. The van der Waals surface area contributed by atoms with Gasteiger partial charge < -0.3 is 10.6 Å². The molecule has 2 aromatic heterocycles. The van der Waals surface area contributed by atoms with Crippen LogP contribution in [0, 0.1) is 0 Å². The number of nitrogens with zero attached hydrogens (tertiary/aromatic N) is 3. The van der Waals surface area contributed by atoms with Gasteiger partial charge in [-0.2, -0.15) is 5.10 Å². The SMILES string of the molecule is CCNc1nc(Nc2cn(C)nc2CC)c(Cl)cc1Cl. The molecule has 0 amide bonds. The highest BCUT2D eigenvalue weighted by Crippen LogP contribution is 2.31. The standard InChI is InChI=1S/C13H17Cl2N5/c1-4-10-11(7-20(3)19-10)17-13-9(15)6-8(14)12(18-13)16-5-2/h6-7H,4-5H2,1-3H3,(H2,16,17,18). The normalized spacial score (nSPS) is 10.7. The van der Waals surface area contributed by atoms with Gasteiger partial charge in [0, 0.05) is 19.8 Å². The molecule has 2 heterocycles. The van der Waals surface area contributed by atoms with Crippen molar-refractivity contribution in [1.29, 1.82) is 0 Å². The lowest BCUT2D eigenvalue weighted by Crippen LogP contribution is -2.03. The van der Waals surface area contributed by atoms with Crippen LogP contribution in [0.4, 0.5) is 17.3 Å². The summed E-state index contributed by atoms with van der Waals surface area (Å²) in [7, 11) is 1.88. The van der Waals surface area contributed by atoms with E-state index in [2.05, 4.69) is 27.6 Å². The van der Waals surface area contributed by atoms with Crippen LogP contribution in [0.2, 0.25) is 10.0 Å². The summed E-state index contributed by atoms with van der Waals surface area (Å²) in [5, 5.41) is 11.7. The first-order chi connectivity index (χ1) is 9.55. The summed E-state index contributed by atoms with van der Waals surface area (Å²) in [6.45, 7) is 4.77. The van der Waals surface area contributed by atoms with Gasteiger partial charge in [-0.05, 0) is 19.4 Å². The second-order valence-electron chi connectivity index (χ2n) is 4.32. The van der Waals surface area contributed by atoms with Crippen molar-refractivity contribution in [2.75, 3.05) is 17.2 Å². The number of hydrogen-bond acceptors (Lipinski definition) is 4. The lowest BCUT2D eigenvalue weighted by Gasteiger charge is -2.11. The van der Waals surface area contributed by atoms with Gasteiger partial charge in [0.15, 0.2) is 5.82 Å². The van der Waals surface area contributed by atoms with Gasteiger partial charge in [0.05, 0.1) is 21.4 Å². The van der Waals surface area contributed by atoms with Crippen molar-refractivity contribution >= 4 is 40.5 Å². The van der Waals surface area contributed by atoms with E-state index in [0.29, 0.717) is 21.7 Å². The first kappa shape index (κ1) is 14.9. The third-order valence-electron chi connectivity index (χ3n) is 2.77. The third-order valence-corrected chi connectivity index (χ3v) is 3.34. The minimum absolute atomic E-state index is 0.475. The average Bonchev–Trinajstić information content (AvgIpc) is 2.75. The van der Waals surface area contributed by atoms with Gasteiger partial charge in [0.2, 0.25) is 0 Å². The second-order valence-corrected chi connectivity index (χ2v) is 5.14. The van der Waals surface area contributed by atoms with E-state index < -0.39 is 0 Å². The molecule has 0 bridgehead atoms. The predicted octanol–water partition coefficient (Wildman–Crippen LogP) is 3.86. The van der Waals surface area contributed by atoms with Gasteiger partial charge in [0.25, 0.3) is 0 Å². The summed E-state index contributed by atoms with van der Waals surface area (Å²) >= 11 is 12.3. The summed E-state index contributed by atoms with van der Waals surface area (Å²) in [5.74, 6) is 1.18. The highest BCUT2D eigenvalue weighted by atomic mass is 35.5. The molecule has 20 heavy (non-hydrogen) atoms. The molecule has 0 aliphatic rings. The number of nitrogens with one attached hydrogen (secondary N) is 2. The largest absolute Gasteiger partial charge is 0.369 e. The van der Waals surface area contributed by atoms with E-state index >= 15 is 0 Å². The Balaban J connectivity index is 2.34. The van der Waals surface area contributed by atoms with Crippen molar-refractivity contribution in [2.24, 2.45) is 7.05 Å². The molecule has 0 saturated carbocycles. The van der Waals surface area contributed by atoms with Crippen LogP contribution in [0.25, 0.3) is 0 Å². The van der Waals surface area contributed by atoms with E-state index in [1.165, 1.54) is 0 Å². The van der Waals surface area contributed by atoms with Crippen LogP contribution >= 0.6 is 23.2 Å². The Kier molecular flexibility index (Phi) is 4.73. The van der Waals surface area contributed by atoms with Crippen LogP contribution in [-0.2, 0) is 13.5 Å². The molecule has 108 valence electrons. The van der Waals surface area contributed by atoms with Gasteiger partial charge in [-0.3, -0.25) is 4.68 Å². The first-order valence-electron chi connectivity index (χ1n) is 6.44. The molecular formula is C13H17Cl2N5. The van der Waals surface area contributed by atoms with E-state index in [0.717, 1.165) is 24.3 Å². The fraction of sp³-hybridized carbons (Fsp3) is 0.385. The van der Waals surface area contributed by atoms with E-state index in [-0.39, 0.29) is 0 Å². The molecule has 2 aromatic rings. The highest BCUT2D eigenvalue weighted by molar-refractivity contribution is 6.37. The van der Waals surface area contributed by atoms with Crippen LogP contribution in [0.5, 0.6) is 0 Å². The fourth-order valence-electron chi connectivity index (χ4n) is 1.87. The van der Waals surface area contributed by atoms with Gasteiger partial charge >= 0.3 is 0 Å². The second kappa shape index (κ2) is 6.33. The van der Waals surface area contributed by atoms with Crippen LogP contribution in [0.1, 0.15) is 19.5 Å². The fourth-order valence-corrected chi connectivity index (χ4v) is 2.35. The number of pyridine rings is 1. The van der Waals surface area contributed by atoms with Crippen molar-refractivity contribution in [3.05, 3.63) is 28.0 Å². The minimum atomic E-state index is 0.475. The summed E-state index contributed by atoms with van der Waals surface area (Å²) in [6, 6.07) is 1.68. The van der Waals surface area contributed by atoms with Crippen molar-refractivity contribution < 1.29 is 0 Å². The zero-order chi connectivity index (χ0) is 14.7. The van der Waals surface area contributed by atoms with Crippen LogP contribution in [0.15, 0.2) is 12.3 Å². The van der Waals surface area contributed by atoms with Crippen molar-refractivity contribution in [1.82, 2.24) is 14.8 Å². The van der Waals surface area contributed by atoms with E-state index in [1.54, 1.807) is 10.7 Å². The average molecular weight is 314 g/mol. The molecule has 0 saturated heterocycles. The van der Waals surface area contributed by atoms with Gasteiger partial charge in [0.1, 0.15) is 5.82 Å². The molecular weight excluding hydrogens is 297 g/mol. The molecule has 0 atom stereocenters. The number of aromatic nitrogens is 3. The number of halogens is 2. The molecule has 5 nitrogen and oxygen atoms in total. The predicted molar refractivity (Wildman–Crippen MR) is 84.3 cm³/mol. The molecule has 0 aromatic carbocycles. The molecule has 0 unspecified atom stereocenters. The summed E-state index contributed by atoms with van der Waals surface area (Å²) < 4.78 is 1.76. The summed E-state index contributed by atoms with van der Waals surface area (Å²) in [6.07, 6.45) is 2.73. The smallest absolute Gasteiger partial charge is 0.151 e. The third kappa shape index (κ3) is 3.16. The first-order valence-corrected chi connectivity index (χ1v) is 7.20. The zero-order valence-corrected chi connectivity index (χ0v) is 13.2. The molecule has 2 N–H and O–H groups in total. The number of rotatable bonds is 5. The maximum atomic E-state index is 6.19. The Bertz CT molecular complexity index is 609. The molecule has 0 fully saturated rings. The van der Waals surface area contributed by atoms with E-state index in [9.17, 15) is 0 Å². The Morgan fingerprint density at radius 3 is 2.55 bits per heavy atom. The highest BCUT2D eigenvalue weighted by Gasteiger charge is 2.12. The van der Waals surface area contributed by atoms with Crippen molar-refractivity contribution in [3.63, 3.8) is 0 Å². The topological polar surface area (TPSA) is 54.8 Å². The van der Waals surface area contributed by atoms with Gasteiger partial charge in [-0.1, -0.05) is 30.1 Å². The van der Waals surface area contributed by atoms with Crippen LogP contribution in [0.3, 0.4) is 0 Å². The molecule has 0 aliphatic carbocycles. The Morgan fingerprint density at radius 2 is 1.90 bits per heavy atom. The number of hydrogen-bond donors (Lipinski definition) is 2. The summed E-state index contributed by atoms with van der Waals surface area (Å²) in [4.78, 5) is 4.42. The maximum Gasteiger partial charge on any atom is 0.151 e. The molecule has 0 radical (unpaired) electrons. The van der Waals surface area contributed by atoms with Gasteiger partial charge in [-0.15, -0.1) is 0 Å². The monoisotopic (exact) mass is 313 g/mol. The number of aryl methyl sites for hydroxylation is 2. The van der Waals surface area contributed by atoms with Crippen LogP contribution in [-0.4, -0.2) is 21.3 Å².